The van der Waals surface area contributed by atoms with Gasteiger partial charge in [-0.25, -0.2) is 9.97 Å². The van der Waals surface area contributed by atoms with Crippen molar-refractivity contribution in [1.29, 1.82) is 0 Å². The van der Waals surface area contributed by atoms with E-state index < -0.39 is 21.0 Å². The largest absolute Gasteiger partial charge is 0.383 e. The van der Waals surface area contributed by atoms with E-state index in [9.17, 15) is 24.2 Å². The molecule has 0 bridgehead atoms. The molecule has 0 saturated heterocycles. The van der Waals surface area contributed by atoms with Crippen LogP contribution in [0.15, 0.2) is 41.4 Å². The van der Waals surface area contributed by atoms with Crippen molar-refractivity contribution < 1.29 is 29.0 Å². The van der Waals surface area contributed by atoms with Crippen molar-refractivity contribution in [2.75, 3.05) is 12.8 Å². The maximum absolute atomic E-state index is 12.8. The molecule has 0 fully saturated rings. The van der Waals surface area contributed by atoms with Crippen LogP contribution >= 0.6 is 10.2 Å². The number of pyridine rings is 2. The number of halogens is 5. The summed E-state index contributed by atoms with van der Waals surface area (Å²) in [5.41, 5.74) is 8.36. The van der Waals surface area contributed by atoms with E-state index in [1.807, 2.05) is 0 Å². The molecule has 0 unspecified atom stereocenters. The van der Waals surface area contributed by atoms with Crippen molar-refractivity contribution in [1.82, 2.24) is 14.9 Å². The zero-order valence-corrected chi connectivity index (χ0v) is 16.9. The summed E-state index contributed by atoms with van der Waals surface area (Å²) in [6, 6.07) is 4.04. The van der Waals surface area contributed by atoms with Crippen molar-refractivity contribution >= 4 is 32.9 Å². The zero-order valence-electron chi connectivity index (χ0n) is 16.1. The number of carbonyl (C=O) groups excluding carboxylic acids is 1. The minimum atomic E-state index is -9.73. The lowest BCUT2D eigenvalue weighted by atomic mass is 10.1. The molecular formula is C19H17F5N4O2S. The van der Waals surface area contributed by atoms with Gasteiger partial charge in [-0.15, -0.1) is 0 Å². The number of fused-ring (bicyclic) bond motifs is 3. The standard InChI is InChI=1S/C19H17F5N4O2S/c1-28(8-11-2-4-12(5-3-11)31(20,21,22,23)24)19(29)16-6-13-14-9-30-10-15(14)18(25)27-17(13)7-26-16/h2-7H,8-10H2,1H3,(H2,25,27). The van der Waals surface area contributed by atoms with Crippen LogP contribution in [-0.2, 0) is 24.5 Å². The number of anilines is 1. The highest BCUT2D eigenvalue weighted by Gasteiger charge is 2.65. The molecule has 166 valence electrons. The second-order valence-electron chi connectivity index (χ2n) is 7.31. The average molecular weight is 460 g/mol. The van der Waals surface area contributed by atoms with Gasteiger partial charge in [0.25, 0.3) is 5.91 Å². The Morgan fingerprint density at radius 3 is 2.42 bits per heavy atom. The number of hydrogen-bond donors (Lipinski definition) is 1. The summed E-state index contributed by atoms with van der Waals surface area (Å²) in [5, 5.41) is 0.675. The van der Waals surface area contributed by atoms with E-state index >= 15 is 0 Å². The van der Waals surface area contributed by atoms with Gasteiger partial charge in [0.05, 0.1) is 24.9 Å². The second-order valence-corrected chi connectivity index (χ2v) is 9.72. The van der Waals surface area contributed by atoms with Gasteiger partial charge in [0.2, 0.25) is 0 Å². The Balaban J connectivity index is 1.58. The third-order valence-corrected chi connectivity index (χ3v) is 6.13. The van der Waals surface area contributed by atoms with Gasteiger partial charge in [0, 0.05) is 24.5 Å². The number of aromatic nitrogens is 2. The number of amides is 1. The zero-order chi connectivity index (χ0) is 22.7. The lowest BCUT2D eigenvalue weighted by Gasteiger charge is -2.40. The number of hydrogen-bond acceptors (Lipinski definition) is 5. The summed E-state index contributed by atoms with van der Waals surface area (Å²) < 4.78 is 69.6. The fraction of sp³-hybridized carbons (Fsp3) is 0.211. The van der Waals surface area contributed by atoms with Gasteiger partial charge in [-0.05, 0) is 29.3 Å². The molecule has 3 heterocycles. The molecule has 31 heavy (non-hydrogen) atoms. The topological polar surface area (TPSA) is 81.3 Å². The monoisotopic (exact) mass is 460 g/mol. The first-order valence-corrected chi connectivity index (χ1v) is 10.9. The molecule has 3 aromatic rings. The molecule has 1 aliphatic heterocycles. The van der Waals surface area contributed by atoms with Crippen LogP contribution < -0.4 is 5.73 Å². The number of nitrogens with zero attached hydrogens (tertiary/aromatic N) is 3. The highest BCUT2D eigenvalue weighted by molar-refractivity contribution is 8.45. The first-order chi connectivity index (χ1) is 14.2. The number of nitrogens with two attached hydrogens (primary N) is 1. The Hall–Kier alpha value is -2.99. The summed E-state index contributed by atoms with van der Waals surface area (Å²) in [6.45, 7) is 0.551. The van der Waals surface area contributed by atoms with Crippen molar-refractivity contribution in [3.63, 3.8) is 0 Å². The molecule has 1 amide bonds. The minimum absolute atomic E-state index is 0.0966. The molecule has 6 nitrogen and oxygen atoms in total. The Kier molecular flexibility index (Phi) is 4.29. The summed E-state index contributed by atoms with van der Waals surface area (Å²) in [5.74, 6) is -0.156. The fourth-order valence-electron chi connectivity index (χ4n) is 3.38. The van der Waals surface area contributed by atoms with Crippen molar-refractivity contribution in [2.45, 2.75) is 24.7 Å². The molecule has 0 spiro atoms. The summed E-state index contributed by atoms with van der Waals surface area (Å²) in [4.78, 5) is 20.4. The van der Waals surface area contributed by atoms with E-state index in [2.05, 4.69) is 9.97 Å². The van der Waals surface area contributed by atoms with Crippen molar-refractivity contribution in [2.24, 2.45) is 0 Å². The van der Waals surface area contributed by atoms with Gasteiger partial charge in [0.15, 0.2) is 0 Å². The van der Waals surface area contributed by atoms with Crippen LogP contribution in [0.4, 0.5) is 25.2 Å². The summed E-state index contributed by atoms with van der Waals surface area (Å²) >= 11 is 0. The average Bonchev–Trinajstić information content (AvgIpc) is 3.17. The van der Waals surface area contributed by atoms with Gasteiger partial charge in [-0.1, -0.05) is 31.6 Å². The highest BCUT2D eigenvalue weighted by Crippen LogP contribution is 3.02. The number of nitrogen functional groups attached to an aromatic ring is 1. The maximum atomic E-state index is 12.8. The van der Waals surface area contributed by atoms with Gasteiger partial charge < -0.3 is 15.4 Å². The van der Waals surface area contributed by atoms with Crippen LogP contribution in [0.2, 0.25) is 0 Å². The Labute approximate surface area is 173 Å². The van der Waals surface area contributed by atoms with Gasteiger partial charge in [0.1, 0.15) is 16.4 Å². The Morgan fingerprint density at radius 1 is 1.13 bits per heavy atom. The van der Waals surface area contributed by atoms with Gasteiger partial charge in [-0.2, -0.15) is 0 Å². The van der Waals surface area contributed by atoms with E-state index in [1.165, 1.54) is 18.1 Å². The maximum Gasteiger partial charge on any atom is 0.310 e. The minimum Gasteiger partial charge on any atom is -0.383 e. The van der Waals surface area contributed by atoms with Crippen LogP contribution in [0.25, 0.3) is 10.9 Å². The van der Waals surface area contributed by atoms with Crippen molar-refractivity contribution in [3.05, 3.63) is 58.9 Å². The molecule has 12 heteroatoms. The summed E-state index contributed by atoms with van der Waals surface area (Å²) in [7, 11) is -8.30. The molecule has 0 saturated carbocycles. The van der Waals surface area contributed by atoms with Crippen LogP contribution in [0.3, 0.4) is 0 Å². The van der Waals surface area contributed by atoms with Crippen LogP contribution in [0, 0.1) is 0 Å². The van der Waals surface area contributed by atoms with Gasteiger partial charge >= 0.3 is 10.2 Å². The fourth-order valence-corrected chi connectivity index (χ4v) is 4.04. The second kappa shape index (κ2) is 6.26. The molecule has 0 radical (unpaired) electrons. The molecule has 1 aliphatic rings. The Bertz CT molecular complexity index is 1220. The third-order valence-electron chi connectivity index (χ3n) is 4.97. The molecular weight excluding hydrogens is 443 g/mol. The molecule has 4 rings (SSSR count). The lowest BCUT2D eigenvalue weighted by molar-refractivity contribution is 0.0779. The third kappa shape index (κ3) is 4.12. The Morgan fingerprint density at radius 2 is 1.77 bits per heavy atom. The van der Waals surface area contributed by atoms with E-state index in [4.69, 9.17) is 10.5 Å². The quantitative estimate of drug-likeness (QED) is 0.543. The van der Waals surface area contributed by atoms with Crippen molar-refractivity contribution in [3.8, 4) is 0 Å². The first kappa shape index (κ1) is 21.2. The molecule has 2 aromatic heterocycles. The van der Waals surface area contributed by atoms with Crippen LogP contribution in [-0.4, -0.2) is 27.8 Å². The normalized spacial score (nSPS) is 15.9. The first-order valence-electron chi connectivity index (χ1n) is 8.96. The smallest absolute Gasteiger partial charge is 0.310 e. The molecule has 1 aromatic carbocycles. The van der Waals surface area contributed by atoms with Crippen LogP contribution in [0.1, 0.15) is 27.2 Å². The number of ether oxygens (including phenoxy) is 1. The number of carbonyl (C=O) groups is 1. The molecule has 2 N–H and O–H groups in total. The molecule has 0 atom stereocenters. The molecule has 0 aliphatic carbocycles. The van der Waals surface area contributed by atoms with E-state index in [1.54, 1.807) is 6.07 Å². The van der Waals surface area contributed by atoms with Crippen LogP contribution in [0.5, 0.6) is 0 Å². The number of rotatable bonds is 4. The van der Waals surface area contributed by atoms with E-state index in [-0.39, 0.29) is 17.8 Å². The SMILES string of the molecule is CN(Cc1ccc(S(F)(F)(F)(F)F)cc1)C(=O)c1cc2c3c(c(N)nc2cn1)COC3. The lowest BCUT2D eigenvalue weighted by Crippen LogP contribution is -2.27. The predicted molar refractivity (Wildman–Crippen MR) is 106 cm³/mol. The van der Waals surface area contributed by atoms with E-state index in [0.29, 0.717) is 42.1 Å². The number of benzene rings is 1. The van der Waals surface area contributed by atoms with Gasteiger partial charge in [-0.3, -0.25) is 4.79 Å². The van der Waals surface area contributed by atoms with E-state index in [0.717, 1.165) is 23.3 Å². The summed E-state index contributed by atoms with van der Waals surface area (Å²) in [6.07, 6.45) is 1.41. The highest BCUT2D eigenvalue weighted by atomic mass is 32.5. The predicted octanol–water partition coefficient (Wildman–Crippen LogP) is 5.17.